The zero-order valence-electron chi connectivity index (χ0n) is 8.71. The van der Waals surface area contributed by atoms with Crippen LogP contribution in [-0.2, 0) is 17.4 Å². The molecular weight excluding hydrogens is 235 g/mol. The smallest absolute Gasteiger partial charge is 0.416 e. The molecule has 0 bridgehead atoms. The Kier molecular flexibility index (Phi) is 2.73. The van der Waals surface area contributed by atoms with Crippen LogP contribution in [0, 0.1) is 0 Å². The van der Waals surface area contributed by atoms with Gasteiger partial charge in [0.25, 0.3) is 0 Å². The van der Waals surface area contributed by atoms with E-state index in [1.807, 2.05) is 0 Å². The van der Waals surface area contributed by atoms with E-state index in [4.69, 9.17) is 5.11 Å². The van der Waals surface area contributed by atoms with Gasteiger partial charge in [0.05, 0.1) is 5.56 Å². The zero-order chi connectivity index (χ0) is 12.6. The fourth-order valence-electron chi connectivity index (χ4n) is 1.86. The van der Waals surface area contributed by atoms with Gasteiger partial charge in [0.15, 0.2) is 0 Å². The predicted molar refractivity (Wildman–Crippen MR) is 54.8 cm³/mol. The highest BCUT2D eigenvalue weighted by Gasteiger charge is 2.32. The van der Waals surface area contributed by atoms with Gasteiger partial charge in [-0.3, -0.25) is 0 Å². The van der Waals surface area contributed by atoms with Gasteiger partial charge in [-0.05, 0) is 36.6 Å². The van der Waals surface area contributed by atoms with E-state index in [1.165, 1.54) is 6.07 Å². The second-order valence-corrected chi connectivity index (χ2v) is 3.94. The van der Waals surface area contributed by atoms with Crippen molar-refractivity contribution in [3.8, 4) is 0 Å². The largest absolute Gasteiger partial charge is 0.480 e. The molecule has 1 unspecified atom stereocenters. The number of anilines is 1. The van der Waals surface area contributed by atoms with Crippen molar-refractivity contribution in [2.75, 3.05) is 5.32 Å². The Bertz CT molecular complexity index is 457. The minimum absolute atomic E-state index is 0.295. The Hall–Kier alpha value is -1.72. The molecule has 1 aromatic rings. The number of nitrogens with one attached hydrogen (secondary N) is 1. The molecule has 1 aliphatic rings. The first kappa shape index (κ1) is 11.8. The van der Waals surface area contributed by atoms with Crippen molar-refractivity contribution in [2.24, 2.45) is 0 Å². The number of alkyl halides is 3. The van der Waals surface area contributed by atoms with Crippen molar-refractivity contribution in [3.05, 3.63) is 29.3 Å². The molecule has 0 saturated carbocycles. The molecular formula is C11H10F3NO2. The summed E-state index contributed by atoms with van der Waals surface area (Å²) in [6.07, 6.45) is -3.73. The molecule has 0 spiro atoms. The minimum atomic E-state index is -4.36. The number of hydrogen-bond acceptors (Lipinski definition) is 2. The lowest BCUT2D eigenvalue weighted by molar-refractivity contribution is -0.139. The van der Waals surface area contributed by atoms with Crippen molar-refractivity contribution >= 4 is 11.7 Å². The summed E-state index contributed by atoms with van der Waals surface area (Å²) in [7, 11) is 0. The van der Waals surface area contributed by atoms with Crippen molar-refractivity contribution in [1.29, 1.82) is 0 Å². The van der Waals surface area contributed by atoms with Crippen LogP contribution in [0.5, 0.6) is 0 Å². The third-order valence-corrected chi connectivity index (χ3v) is 2.76. The maximum absolute atomic E-state index is 12.4. The molecule has 1 aliphatic heterocycles. The van der Waals surface area contributed by atoms with Crippen LogP contribution < -0.4 is 5.32 Å². The fraction of sp³-hybridized carbons (Fsp3) is 0.364. The number of rotatable bonds is 1. The van der Waals surface area contributed by atoms with Crippen LogP contribution in [0.3, 0.4) is 0 Å². The van der Waals surface area contributed by atoms with Crippen LogP contribution in [-0.4, -0.2) is 17.1 Å². The Morgan fingerprint density at radius 3 is 2.71 bits per heavy atom. The van der Waals surface area contributed by atoms with Gasteiger partial charge in [0.2, 0.25) is 0 Å². The Labute approximate surface area is 95.3 Å². The van der Waals surface area contributed by atoms with Gasteiger partial charge in [-0.2, -0.15) is 13.2 Å². The van der Waals surface area contributed by atoms with Gasteiger partial charge >= 0.3 is 12.1 Å². The number of carbonyl (C=O) groups is 1. The standard InChI is InChI=1S/C11H10F3NO2/c12-11(13,14)7-2-4-8-6(5-7)1-3-9(15-8)10(16)17/h2,4-5,9,15H,1,3H2,(H,16,17). The van der Waals surface area contributed by atoms with Crippen LogP contribution in [0.4, 0.5) is 18.9 Å². The molecule has 1 heterocycles. The van der Waals surface area contributed by atoms with E-state index in [1.54, 1.807) is 0 Å². The number of hydrogen-bond donors (Lipinski definition) is 2. The number of halogens is 3. The summed E-state index contributed by atoms with van der Waals surface area (Å²) in [5.74, 6) is -0.990. The van der Waals surface area contributed by atoms with Crippen LogP contribution >= 0.6 is 0 Å². The average molecular weight is 245 g/mol. The summed E-state index contributed by atoms with van der Waals surface area (Å²) in [5.41, 5.74) is 0.279. The van der Waals surface area contributed by atoms with Crippen LogP contribution in [0.1, 0.15) is 17.5 Å². The summed E-state index contributed by atoms with van der Waals surface area (Å²) < 4.78 is 37.3. The van der Waals surface area contributed by atoms with Crippen molar-refractivity contribution in [2.45, 2.75) is 25.1 Å². The predicted octanol–water partition coefficient (Wildman–Crippen LogP) is 2.52. The quantitative estimate of drug-likeness (QED) is 0.799. The highest BCUT2D eigenvalue weighted by atomic mass is 19.4. The Balaban J connectivity index is 2.29. The van der Waals surface area contributed by atoms with E-state index in [9.17, 15) is 18.0 Å². The lowest BCUT2D eigenvalue weighted by Crippen LogP contribution is -2.33. The molecule has 2 N–H and O–H groups in total. The molecule has 2 rings (SSSR count). The topological polar surface area (TPSA) is 49.3 Å². The van der Waals surface area contributed by atoms with Gasteiger partial charge < -0.3 is 10.4 Å². The number of aliphatic carboxylic acids is 1. The normalized spacial score (nSPS) is 19.4. The first-order chi connectivity index (χ1) is 7.88. The number of carboxylic acid groups (broad SMARTS) is 1. The molecule has 0 radical (unpaired) electrons. The summed E-state index contributed by atoms with van der Waals surface area (Å²) >= 11 is 0. The Morgan fingerprint density at radius 2 is 2.12 bits per heavy atom. The molecule has 1 atom stereocenters. The molecule has 3 nitrogen and oxygen atoms in total. The van der Waals surface area contributed by atoms with Gasteiger partial charge in [-0.25, -0.2) is 4.79 Å². The number of aryl methyl sites for hydroxylation is 1. The first-order valence-electron chi connectivity index (χ1n) is 5.07. The minimum Gasteiger partial charge on any atom is -0.480 e. The van der Waals surface area contributed by atoms with E-state index < -0.39 is 23.8 Å². The molecule has 0 amide bonds. The summed E-state index contributed by atoms with van der Waals surface area (Å²) in [4.78, 5) is 10.7. The van der Waals surface area contributed by atoms with Crippen LogP contribution in [0.15, 0.2) is 18.2 Å². The Morgan fingerprint density at radius 1 is 1.41 bits per heavy atom. The summed E-state index contributed by atoms with van der Waals surface area (Å²) in [6, 6.07) is 2.59. The van der Waals surface area contributed by atoms with Crippen molar-refractivity contribution in [1.82, 2.24) is 0 Å². The molecule has 1 aromatic carbocycles. The second-order valence-electron chi connectivity index (χ2n) is 3.94. The van der Waals surface area contributed by atoms with Gasteiger partial charge in [0.1, 0.15) is 6.04 Å². The van der Waals surface area contributed by atoms with E-state index in [2.05, 4.69) is 5.32 Å². The van der Waals surface area contributed by atoms with Gasteiger partial charge in [-0.1, -0.05) is 0 Å². The SMILES string of the molecule is O=C(O)C1CCc2cc(C(F)(F)F)ccc2N1. The van der Waals surface area contributed by atoms with Gasteiger partial charge in [0, 0.05) is 5.69 Å². The number of fused-ring (bicyclic) bond motifs is 1. The molecule has 92 valence electrons. The van der Waals surface area contributed by atoms with Crippen molar-refractivity contribution < 1.29 is 23.1 Å². The molecule has 6 heteroatoms. The number of benzene rings is 1. The fourth-order valence-corrected chi connectivity index (χ4v) is 1.86. The zero-order valence-corrected chi connectivity index (χ0v) is 8.71. The lowest BCUT2D eigenvalue weighted by Gasteiger charge is -2.24. The monoisotopic (exact) mass is 245 g/mol. The lowest BCUT2D eigenvalue weighted by atomic mass is 9.96. The molecule has 0 saturated heterocycles. The van der Waals surface area contributed by atoms with E-state index >= 15 is 0 Å². The van der Waals surface area contributed by atoms with Crippen LogP contribution in [0.2, 0.25) is 0 Å². The molecule has 0 aromatic heterocycles. The maximum Gasteiger partial charge on any atom is 0.416 e. The number of carboxylic acids is 1. The van der Waals surface area contributed by atoms with Crippen molar-refractivity contribution in [3.63, 3.8) is 0 Å². The first-order valence-corrected chi connectivity index (χ1v) is 5.07. The molecule has 17 heavy (non-hydrogen) atoms. The maximum atomic E-state index is 12.4. The van der Waals surface area contributed by atoms with Gasteiger partial charge in [-0.15, -0.1) is 0 Å². The van der Waals surface area contributed by atoms with E-state index in [0.717, 1.165) is 12.1 Å². The third-order valence-electron chi connectivity index (χ3n) is 2.76. The van der Waals surface area contributed by atoms with Crippen LogP contribution in [0.25, 0.3) is 0 Å². The van der Waals surface area contributed by atoms with E-state index in [-0.39, 0.29) is 0 Å². The third kappa shape index (κ3) is 2.35. The highest BCUT2D eigenvalue weighted by Crippen LogP contribution is 2.34. The van der Waals surface area contributed by atoms with E-state index in [0.29, 0.717) is 24.1 Å². The summed E-state index contributed by atoms with van der Waals surface area (Å²) in [6.45, 7) is 0. The summed E-state index contributed by atoms with van der Waals surface area (Å²) in [5, 5.41) is 11.5. The average Bonchev–Trinajstić information content (AvgIpc) is 2.26. The molecule has 0 aliphatic carbocycles. The highest BCUT2D eigenvalue weighted by molar-refractivity contribution is 5.78. The second kappa shape index (κ2) is 3.94. The molecule has 0 fully saturated rings.